The van der Waals surface area contributed by atoms with E-state index in [2.05, 4.69) is 5.32 Å². The van der Waals surface area contributed by atoms with E-state index in [-0.39, 0.29) is 17.3 Å². The number of nitrogens with zero attached hydrogens (tertiary/aromatic N) is 1. The van der Waals surface area contributed by atoms with Crippen LogP contribution in [0.25, 0.3) is 0 Å². The summed E-state index contributed by atoms with van der Waals surface area (Å²) in [7, 11) is 0. The Morgan fingerprint density at radius 3 is 2.62 bits per heavy atom. The molecule has 0 atom stereocenters. The van der Waals surface area contributed by atoms with Crippen molar-refractivity contribution in [1.82, 2.24) is 9.88 Å². The number of ether oxygens (including phenoxy) is 1. The zero-order valence-electron chi connectivity index (χ0n) is 12.1. The fourth-order valence-corrected chi connectivity index (χ4v) is 2.52. The molecule has 6 heteroatoms. The Bertz CT molecular complexity index is 658. The van der Waals surface area contributed by atoms with E-state index < -0.39 is 0 Å². The van der Waals surface area contributed by atoms with Gasteiger partial charge in [0.05, 0.1) is 6.54 Å². The van der Waals surface area contributed by atoms with Crippen LogP contribution in [0.2, 0.25) is 0 Å². The fraction of sp³-hybridized carbons (Fsp3) is 0.333. The summed E-state index contributed by atoms with van der Waals surface area (Å²) in [6.45, 7) is 4.68. The number of nitrogens with one attached hydrogen (secondary N) is 1. The lowest BCUT2D eigenvalue weighted by Gasteiger charge is -2.08. The molecule has 0 bridgehead atoms. The maximum atomic E-state index is 11.7. The van der Waals surface area contributed by atoms with Gasteiger partial charge in [0.25, 0.3) is 0 Å². The predicted molar refractivity (Wildman–Crippen MR) is 83.0 cm³/mol. The summed E-state index contributed by atoms with van der Waals surface area (Å²) in [4.78, 5) is 23.1. The van der Waals surface area contributed by atoms with Crippen LogP contribution < -0.4 is 14.9 Å². The van der Waals surface area contributed by atoms with Crippen molar-refractivity contribution >= 4 is 17.2 Å². The number of aromatic nitrogens is 1. The highest BCUT2D eigenvalue weighted by molar-refractivity contribution is 7.07. The van der Waals surface area contributed by atoms with E-state index in [4.69, 9.17) is 4.74 Å². The minimum absolute atomic E-state index is 0.0543. The molecule has 0 aliphatic rings. The second-order valence-electron chi connectivity index (χ2n) is 4.74. The summed E-state index contributed by atoms with van der Waals surface area (Å²) in [5.41, 5.74) is 1.98. The average molecular weight is 306 g/mol. The molecule has 0 saturated carbocycles. The lowest BCUT2D eigenvalue weighted by Crippen LogP contribution is -2.33. The molecule has 1 N–H and O–H groups in total. The predicted octanol–water partition coefficient (Wildman–Crippen LogP) is 1.72. The average Bonchev–Trinajstić information content (AvgIpc) is 2.77. The minimum Gasteiger partial charge on any atom is -0.492 e. The molecule has 0 fully saturated rings. The van der Waals surface area contributed by atoms with Crippen LogP contribution in [0.15, 0.2) is 34.4 Å². The molecule has 2 rings (SSSR count). The first-order valence-corrected chi connectivity index (χ1v) is 7.55. The minimum atomic E-state index is -0.189. The van der Waals surface area contributed by atoms with Crippen LogP contribution in [0.4, 0.5) is 0 Å². The van der Waals surface area contributed by atoms with Crippen molar-refractivity contribution < 1.29 is 9.53 Å². The molecule has 1 aromatic heterocycles. The molecule has 1 aromatic carbocycles. The van der Waals surface area contributed by atoms with Crippen molar-refractivity contribution in [3.63, 3.8) is 0 Å². The van der Waals surface area contributed by atoms with Crippen LogP contribution in [0, 0.1) is 13.8 Å². The molecule has 0 saturated heterocycles. The van der Waals surface area contributed by atoms with Crippen LogP contribution in [0.3, 0.4) is 0 Å². The smallest absolute Gasteiger partial charge is 0.307 e. The van der Waals surface area contributed by atoms with Crippen molar-refractivity contribution in [1.29, 1.82) is 0 Å². The summed E-state index contributed by atoms with van der Waals surface area (Å²) in [5, 5.41) is 4.48. The van der Waals surface area contributed by atoms with Gasteiger partial charge in [-0.25, -0.2) is 0 Å². The van der Waals surface area contributed by atoms with Gasteiger partial charge in [-0.15, -0.1) is 0 Å². The van der Waals surface area contributed by atoms with Crippen LogP contribution in [0.5, 0.6) is 5.75 Å². The number of hydrogen-bond acceptors (Lipinski definition) is 4. The molecule has 0 aliphatic heterocycles. The van der Waals surface area contributed by atoms with Crippen LogP contribution >= 0.6 is 11.3 Å². The molecule has 112 valence electrons. The molecule has 1 amide bonds. The largest absolute Gasteiger partial charge is 0.492 e. The standard InChI is InChI=1S/C15H18N2O3S/c1-11-3-5-13(6-4-11)20-8-7-16-14(18)9-17-12(2)10-21-15(17)19/h3-6,10H,7-9H2,1-2H3,(H,16,18). The molecule has 2 aromatic rings. The van der Waals surface area contributed by atoms with Crippen molar-refractivity contribution in [3.8, 4) is 5.75 Å². The molecule has 0 spiro atoms. The van der Waals surface area contributed by atoms with Gasteiger partial charge in [0.1, 0.15) is 18.9 Å². The Kier molecular flexibility index (Phi) is 5.16. The molecule has 21 heavy (non-hydrogen) atoms. The second-order valence-corrected chi connectivity index (χ2v) is 5.56. The van der Waals surface area contributed by atoms with Gasteiger partial charge in [-0.05, 0) is 26.0 Å². The second kappa shape index (κ2) is 7.08. The number of carbonyl (C=O) groups excluding carboxylic acids is 1. The summed E-state index contributed by atoms with van der Waals surface area (Å²) >= 11 is 1.10. The van der Waals surface area contributed by atoms with Crippen LogP contribution in [-0.4, -0.2) is 23.6 Å². The highest BCUT2D eigenvalue weighted by Crippen LogP contribution is 2.10. The van der Waals surface area contributed by atoms with Gasteiger partial charge in [-0.3, -0.25) is 14.2 Å². The van der Waals surface area contributed by atoms with Crippen LogP contribution in [0.1, 0.15) is 11.3 Å². The van der Waals surface area contributed by atoms with E-state index in [1.807, 2.05) is 38.1 Å². The molecule has 0 aliphatic carbocycles. The van der Waals surface area contributed by atoms with E-state index in [0.29, 0.717) is 13.2 Å². The SMILES string of the molecule is Cc1ccc(OCCNC(=O)Cn2c(C)csc2=O)cc1. The number of carbonyl (C=O) groups is 1. The fourth-order valence-electron chi connectivity index (χ4n) is 1.79. The summed E-state index contributed by atoms with van der Waals surface area (Å²) in [5.74, 6) is 0.589. The lowest BCUT2D eigenvalue weighted by molar-refractivity contribution is -0.121. The molecule has 0 unspecified atom stereocenters. The first-order chi connectivity index (χ1) is 10.1. The zero-order valence-corrected chi connectivity index (χ0v) is 12.9. The van der Waals surface area contributed by atoms with Gasteiger partial charge < -0.3 is 10.1 Å². The van der Waals surface area contributed by atoms with Crippen LogP contribution in [-0.2, 0) is 11.3 Å². The Morgan fingerprint density at radius 2 is 2.00 bits per heavy atom. The van der Waals surface area contributed by atoms with Gasteiger partial charge in [0.15, 0.2) is 0 Å². The van der Waals surface area contributed by atoms with Gasteiger partial charge in [-0.2, -0.15) is 0 Å². The Morgan fingerprint density at radius 1 is 1.29 bits per heavy atom. The lowest BCUT2D eigenvalue weighted by atomic mass is 10.2. The van der Waals surface area contributed by atoms with Gasteiger partial charge in [-0.1, -0.05) is 29.0 Å². The number of amides is 1. The van der Waals surface area contributed by atoms with E-state index >= 15 is 0 Å². The summed E-state index contributed by atoms with van der Waals surface area (Å²) in [6.07, 6.45) is 0. The monoisotopic (exact) mass is 306 g/mol. The third kappa shape index (κ3) is 4.46. The molecule has 1 heterocycles. The number of aryl methyl sites for hydroxylation is 2. The first kappa shape index (κ1) is 15.3. The quantitative estimate of drug-likeness (QED) is 0.827. The van der Waals surface area contributed by atoms with E-state index in [1.165, 1.54) is 10.1 Å². The third-order valence-electron chi connectivity index (χ3n) is 2.99. The topological polar surface area (TPSA) is 60.3 Å². The Balaban J connectivity index is 1.72. The molecular formula is C15H18N2O3S. The van der Waals surface area contributed by atoms with E-state index in [1.54, 1.807) is 5.38 Å². The maximum absolute atomic E-state index is 11.7. The Labute approximate surface area is 127 Å². The Hall–Kier alpha value is -2.08. The van der Waals surface area contributed by atoms with E-state index in [0.717, 1.165) is 22.8 Å². The zero-order chi connectivity index (χ0) is 15.2. The van der Waals surface area contributed by atoms with Crippen molar-refractivity contribution in [2.24, 2.45) is 0 Å². The van der Waals surface area contributed by atoms with Crippen molar-refractivity contribution in [2.45, 2.75) is 20.4 Å². The first-order valence-electron chi connectivity index (χ1n) is 6.67. The highest BCUT2D eigenvalue weighted by Gasteiger charge is 2.07. The van der Waals surface area contributed by atoms with E-state index in [9.17, 15) is 9.59 Å². The number of hydrogen-bond donors (Lipinski definition) is 1. The summed E-state index contributed by atoms with van der Waals surface area (Å²) in [6, 6.07) is 7.73. The van der Waals surface area contributed by atoms with Crippen molar-refractivity contribution in [3.05, 3.63) is 50.6 Å². The van der Waals surface area contributed by atoms with Crippen molar-refractivity contribution in [2.75, 3.05) is 13.2 Å². The van der Waals surface area contributed by atoms with Gasteiger partial charge in [0.2, 0.25) is 5.91 Å². The molecular weight excluding hydrogens is 288 g/mol. The third-order valence-corrected chi connectivity index (χ3v) is 3.87. The summed E-state index contributed by atoms with van der Waals surface area (Å²) < 4.78 is 6.97. The highest BCUT2D eigenvalue weighted by atomic mass is 32.1. The maximum Gasteiger partial charge on any atom is 0.307 e. The van der Waals surface area contributed by atoms with Gasteiger partial charge in [0, 0.05) is 11.1 Å². The molecule has 0 radical (unpaired) electrons. The number of benzene rings is 1. The normalized spacial score (nSPS) is 10.4. The van der Waals surface area contributed by atoms with Gasteiger partial charge >= 0.3 is 4.87 Å². The number of rotatable bonds is 6. The molecule has 5 nitrogen and oxygen atoms in total. The number of thiazole rings is 1.